The molecule has 0 radical (unpaired) electrons. The maximum absolute atomic E-state index is 12.3. The Hall–Kier alpha value is -2.24. The summed E-state index contributed by atoms with van der Waals surface area (Å²) in [6, 6.07) is 9.42. The molecule has 1 heterocycles. The van der Waals surface area contributed by atoms with Crippen molar-refractivity contribution in [2.75, 3.05) is 11.6 Å². The SMILES string of the molecule is N#CC1(NC(=O)CSc2nnc(-c3cccc(Cl)c3)n2N)CCCCC1. The lowest BCUT2D eigenvalue weighted by molar-refractivity contribution is -0.120. The maximum Gasteiger partial charge on any atom is 0.231 e. The molecule has 136 valence electrons. The van der Waals surface area contributed by atoms with Gasteiger partial charge in [-0.1, -0.05) is 54.8 Å². The van der Waals surface area contributed by atoms with Crippen molar-refractivity contribution in [3.8, 4) is 17.5 Å². The van der Waals surface area contributed by atoms with Gasteiger partial charge in [0.1, 0.15) is 5.54 Å². The molecule has 0 aliphatic heterocycles. The second kappa shape index (κ2) is 7.98. The number of carbonyl (C=O) groups is 1. The Morgan fingerprint density at radius 1 is 1.38 bits per heavy atom. The number of nitriles is 1. The van der Waals surface area contributed by atoms with Crippen molar-refractivity contribution in [1.82, 2.24) is 20.2 Å². The third-order valence-corrected chi connectivity index (χ3v) is 5.56. The molecule has 1 aliphatic rings. The van der Waals surface area contributed by atoms with Crippen LogP contribution in [0.1, 0.15) is 32.1 Å². The molecular formula is C17H19ClN6OS. The molecule has 1 aromatic heterocycles. The summed E-state index contributed by atoms with van der Waals surface area (Å²) in [6.07, 6.45) is 4.43. The Bertz CT molecular complexity index is 840. The zero-order valence-corrected chi connectivity index (χ0v) is 15.7. The Morgan fingerprint density at radius 2 is 2.15 bits per heavy atom. The number of halogens is 1. The number of benzene rings is 1. The van der Waals surface area contributed by atoms with E-state index in [-0.39, 0.29) is 11.7 Å². The van der Waals surface area contributed by atoms with Crippen molar-refractivity contribution in [1.29, 1.82) is 5.26 Å². The molecule has 3 N–H and O–H groups in total. The van der Waals surface area contributed by atoms with Crippen molar-refractivity contribution >= 4 is 29.3 Å². The standard InChI is InChI=1S/C17H19ClN6OS/c18-13-6-4-5-12(9-13)15-22-23-16(24(15)20)26-10-14(25)21-17(11-19)7-2-1-3-8-17/h4-6,9H,1-3,7-8,10,20H2,(H,21,25). The highest BCUT2D eigenvalue weighted by atomic mass is 35.5. The summed E-state index contributed by atoms with van der Waals surface area (Å²) in [6.45, 7) is 0. The van der Waals surface area contributed by atoms with Crippen LogP contribution >= 0.6 is 23.4 Å². The third kappa shape index (κ3) is 4.11. The summed E-state index contributed by atoms with van der Waals surface area (Å²) in [5, 5.41) is 21.4. The molecular weight excluding hydrogens is 372 g/mol. The van der Waals surface area contributed by atoms with Crippen molar-refractivity contribution < 1.29 is 4.79 Å². The fraction of sp³-hybridized carbons (Fsp3) is 0.412. The van der Waals surface area contributed by atoms with E-state index in [2.05, 4.69) is 21.6 Å². The quantitative estimate of drug-likeness (QED) is 0.600. The zero-order chi connectivity index (χ0) is 18.6. The Kier molecular flexibility index (Phi) is 5.69. The summed E-state index contributed by atoms with van der Waals surface area (Å²) < 4.78 is 1.34. The van der Waals surface area contributed by atoms with Crippen LogP contribution < -0.4 is 11.2 Å². The number of nitrogens with two attached hydrogens (primary N) is 1. The van der Waals surface area contributed by atoms with Gasteiger partial charge in [0.15, 0.2) is 5.82 Å². The van der Waals surface area contributed by atoms with Gasteiger partial charge >= 0.3 is 0 Å². The van der Waals surface area contributed by atoms with Crippen LogP contribution in [0, 0.1) is 11.3 Å². The number of nitrogens with zero attached hydrogens (tertiary/aromatic N) is 4. The van der Waals surface area contributed by atoms with Gasteiger partial charge in [0.05, 0.1) is 11.8 Å². The molecule has 0 unspecified atom stereocenters. The Labute approximate surface area is 160 Å². The van der Waals surface area contributed by atoms with Gasteiger partial charge in [-0.3, -0.25) is 4.79 Å². The fourth-order valence-electron chi connectivity index (χ4n) is 3.05. The normalized spacial score (nSPS) is 16.0. The minimum absolute atomic E-state index is 0.119. The fourth-order valence-corrected chi connectivity index (χ4v) is 3.90. The Balaban J connectivity index is 1.63. The van der Waals surface area contributed by atoms with Gasteiger partial charge in [-0.15, -0.1) is 10.2 Å². The van der Waals surface area contributed by atoms with Gasteiger partial charge in [0, 0.05) is 10.6 Å². The molecule has 1 aromatic carbocycles. The van der Waals surface area contributed by atoms with Gasteiger partial charge < -0.3 is 11.2 Å². The highest BCUT2D eigenvalue weighted by Gasteiger charge is 2.33. The van der Waals surface area contributed by atoms with E-state index in [9.17, 15) is 10.1 Å². The first kappa shape index (κ1) is 18.5. The molecule has 1 aliphatic carbocycles. The lowest BCUT2D eigenvalue weighted by Gasteiger charge is -2.31. The van der Waals surface area contributed by atoms with Gasteiger partial charge in [-0.05, 0) is 25.0 Å². The van der Waals surface area contributed by atoms with E-state index in [4.69, 9.17) is 17.4 Å². The van der Waals surface area contributed by atoms with Gasteiger partial charge in [-0.2, -0.15) is 5.26 Å². The predicted molar refractivity (Wildman–Crippen MR) is 101 cm³/mol. The second-order valence-corrected chi connectivity index (χ2v) is 7.66. The molecule has 1 amide bonds. The second-order valence-electron chi connectivity index (χ2n) is 6.28. The number of carbonyl (C=O) groups excluding carboxylic acids is 1. The largest absolute Gasteiger partial charge is 0.337 e. The van der Waals surface area contributed by atoms with Crippen LogP contribution in [0.15, 0.2) is 29.4 Å². The molecule has 7 nitrogen and oxygen atoms in total. The van der Waals surface area contributed by atoms with Crippen LogP contribution in [-0.4, -0.2) is 32.1 Å². The predicted octanol–water partition coefficient (Wildman–Crippen LogP) is 2.75. The van der Waals surface area contributed by atoms with Crippen molar-refractivity contribution in [3.05, 3.63) is 29.3 Å². The van der Waals surface area contributed by atoms with E-state index in [0.29, 0.717) is 28.8 Å². The zero-order valence-electron chi connectivity index (χ0n) is 14.1. The molecule has 1 fully saturated rings. The summed E-state index contributed by atoms with van der Waals surface area (Å²) in [5.74, 6) is 6.44. The summed E-state index contributed by atoms with van der Waals surface area (Å²) >= 11 is 7.18. The van der Waals surface area contributed by atoms with Crippen LogP contribution in [0.2, 0.25) is 5.02 Å². The molecule has 0 saturated heterocycles. The van der Waals surface area contributed by atoms with Crippen LogP contribution in [0.5, 0.6) is 0 Å². The summed E-state index contributed by atoms with van der Waals surface area (Å²) in [7, 11) is 0. The van der Waals surface area contributed by atoms with Crippen LogP contribution in [-0.2, 0) is 4.79 Å². The minimum atomic E-state index is -0.738. The lowest BCUT2D eigenvalue weighted by atomic mass is 9.83. The lowest BCUT2D eigenvalue weighted by Crippen LogP contribution is -2.49. The van der Waals surface area contributed by atoms with Crippen LogP contribution in [0.4, 0.5) is 0 Å². The number of hydrogen-bond donors (Lipinski definition) is 2. The van der Waals surface area contributed by atoms with Crippen LogP contribution in [0.3, 0.4) is 0 Å². The summed E-state index contributed by atoms with van der Waals surface area (Å²) in [5.41, 5.74) is 0.00698. The third-order valence-electron chi connectivity index (χ3n) is 4.38. The van der Waals surface area contributed by atoms with E-state index < -0.39 is 5.54 Å². The van der Waals surface area contributed by atoms with Crippen LogP contribution in [0.25, 0.3) is 11.4 Å². The molecule has 0 atom stereocenters. The molecule has 26 heavy (non-hydrogen) atoms. The maximum atomic E-state index is 12.3. The van der Waals surface area contributed by atoms with E-state index in [1.165, 1.54) is 16.4 Å². The monoisotopic (exact) mass is 390 g/mol. The molecule has 2 aromatic rings. The number of hydrogen-bond acceptors (Lipinski definition) is 6. The van der Waals surface area contributed by atoms with E-state index in [0.717, 1.165) is 24.8 Å². The smallest absolute Gasteiger partial charge is 0.231 e. The number of rotatable bonds is 5. The number of aromatic nitrogens is 3. The van der Waals surface area contributed by atoms with E-state index in [1.54, 1.807) is 18.2 Å². The summed E-state index contributed by atoms with van der Waals surface area (Å²) in [4.78, 5) is 12.3. The van der Waals surface area contributed by atoms with E-state index >= 15 is 0 Å². The molecule has 0 spiro atoms. The first-order chi connectivity index (χ1) is 12.5. The molecule has 0 bridgehead atoms. The number of thioether (sulfide) groups is 1. The number of amides is 1. The van der Waals surface area contributed by atoms with E-state index in [1.807, 2.05) is 6.07 Å². The molecule has 3 rings (SSSR count). The highest BCUT2D eigenvalue weighted by Crippen LogP contribution is 2.28. The van der Waals surface area contributed by atoms with Gasteiger partial charge in [0.2, 0.25) is 11.1 Å². The Morgan fingerprint density at radius 3 is 2.85 bits per heavy atom. The average molecular weight is 391 g/mol. The van der Waals surface area contributed by atoms with Crippen molar-refractivity contribution in [2.45, 2.75) is 42.8 Å². The minimum Gasteiger partial charge on any atom is -0.337 e. The van der Waals surface area contributed by atoms with Gasteiger partial charge in [-0.25, -0.2) is 4.68 Å². The molecule has 9 heteroatoms. The van der Waals surface area contributed by atoms with Crippen molar-refractivity contribution in [2.24, 2.45) is 0 Å². The number of nitrogens with one attached hydrogen (secondary N) is 1. The van der Waals surface area contributed by atoms with Gasteiger partial charge in [0.25, 0.3) is 0 Å². The highest BCUT2D eigenvalue weighted by molar-refractivity contribution is 7.99. The first-order valence-corrected chi connectivity index (χ1v) is 9.71. The van der Waals surface area contributed by atoms with Crippen molar-refractivity contribution in [3.63, 3.8) is 0 Å². The topological polar surface area (TPSA) is 110 Å². The molecule has 1 saturated carbocycles. The first-order valence-electron chi connectivity index (χ1n) is 8.34. The average Bonchev–Trinajstić information content (AvgIpc) is 3.01. The number of nitrogen functional groups attached to an aromatic ring is 1.